The minimum absolute atomic E-state index is 0.375. The Morgan fingerprint density at radius 2 is 1.15 bits per heavy atom. The first-order valence-electron chi connectivity index (χ1n) is 12.2. The average molecular weight is 373 g/mol. The normalized spacial score (nSPS) is 45.3. The van der Waals surface area contributed by atoms with E-state index in [0.29, 0.717) is 11.6 Å². The van der Waals surface area contributed by atoms with Gasteiger partial charge < -0.3 is 0 Å². The molecule has 4 aliphatic rings. The molecule has 0 bridgehead atoms. The molecule has 0 N–H and O–H groups in total. The summed E-state index contributed by atoms with van der Waals surface area (Å²) in [6.45, 7) is 4.55. The SMILES string of the molecule is CCCC1CCC(C2CCC3(CC2)C(=O)C2(CCC(CC)CC2)C3=O)CC1. The number of rotatable bonds is 4. The minimum Gasteiger partial charge on any atom is -0.297 e. The second-order valence-electron chi connectivity index (χ2n) is 10.6. The van der Waals surface area contributed by atoms with Gasteiger partial charge in [0, 0.05) is 0 Å². The highest BCUT2D eigenvalue weighted by molar-refractivity contribution is 6.30. The van der Waals surface area contributed by atoms with E-state index in [4.69, 9.17) is 0 Å². The Labute approximate surface area is 166 Å². The highest BCUT2D eigenvalue weighted by atomic mass is 16.2. The number of Topliss-reactive ketones (excluding diaryl/α,β-unsaturated/α-hetero) is 2. The molecule has 4 rings (SSSR count). The predicted octanol–water partition coefficient (Wildman–Crippen LogP) is 6.51. The topological polar surface area (TPSA) is 34.1 Å². The first-order chi connectivity index (χ1) is 13.1. The summed E-state index contributed by atoms with van der Waals surface area (Å²) in [4.78, 5) is 26.6. The molecule has 2 spiro atoms. The van der Waals surface area contributed by atoms with E-state index in [9.17, 15) is 9.59 Å². The molecule has 0 unspecified atom stereocenters. The smallest absolute Gasteiger partial charge is 0.159 e. The highest BCUT2D eigenvalue weighted by Gasteiger charge is 2.70. The summed E-state index contributed by atoms with van der Waals surface area (Å²) >= 11 is 0. The molecule has 0 amide bonds. The molecule has 0 aromatic carbocycles. The van der Waals surface area contributed by atoms with Crippen LogP contribution >= 0.6 is 0 Å². The third-order valence-electron chi connectivity index (χ3n) is 9.41. The summed E-state index contributed by atoms with van der Waals surface area (Å²) in [5, 5.41) is 0. The fraction of sp³-hybridized carbons (Fsp3) is 0.920. The van der Waals surface area contributed by atoms with Crippen LogP contribution in [0.2, 0.25) is 0 Å². The van der Waals surface area contributed by atoms with Crippen molar-refractivity contribution in [2.24, 2.45) is 34.5 Å². The van der Waals surface area contributed by atoms with Crippen molar-refractivity contribution >= 4 is 11.6 Å². The van der Waals surface area contributed by atoms with Crippen LogP contribution in [0.1, 0.15) is 110 Å². The molecular formula is C25H40O2. The zero-order chi connectivity index (χ0) is 19.1. The summed E-state index contributed by atoms with van der Waals surface area (Å²) in [6.07, 6.45) is 17.5. The van der Waals surface area contributed by atoms with E-state index in [0.717, 1.165) is 75.0 Å². The first-order valence-corrected chi connectivity index (χ1v) is 12.2. The summed E-state index contributed by atoms with van der Waals surface area (Å²) < 4.78 is 0. The fourth-order valence-corrected chi connectivity index (χ4v) is 7.51. The number of carbonyl (C=O) groups excluding carboxylic acids is 2. The van der Waals surface area contributed by atoms with Gasteiger partial charge in [0.2, 0.25) is 0 Å². The van der Waals surface area contributed by atoms with E-state index in [1.807, 2.05) is 0 Å². The van der Waals surface area contributed by atoms with Crippen molar-refractivity contribution < 1.29 is 9.59 Å². The summed E-state index contributed by atoms with van der Waals surface area (Å²) in [5.41, 5.74) is -1.06. The molecule has 27 heavy (non-hydrogen) atoms. The van der Waals surface area contributed by atoms with Crippen molar-refractivity contribution in [3.8, 4) is 0 Å². The zero-order valence-electron chi connectivity index (χ0n) is 17.7. The molecular weight excluding hydrogens is 332 g/mol. The van der Waals surface area contributed by atoms with E-state index in [2.05, 4.69) is 13.8 Å². The number of hydrogen-bond acceptors (Lipinski definition) is 2. The molecule has 0 aromatic rings. The van der Waals surface area contributed by atoms with Crippen molar-refractivity contribution in [3.63, 3.8) is 0 Å². The molecule has 4 saturated carbocycles. The van der Waals surface area contributed by atoms with Gasteiger partial charge in [-0.2, -0.15) is 0 Å². The molecule has 4 aliphatic carbocycles. The lowest BCUT2D eigenvalue weighted by Gasteiger charge is -2.57. The molecule has 2 heteroatoms. The summed E-state index contributed by atoms with van der Waals surface area (Å²) in [5.74, 6) is 4.11. The van der Waals surface area contributed by atoms with Gasteiger partial charge in [-0.1, -0.05) is 46.0 Å². The van der Waals surface area contributed by atoms with Crippen LogP contribution in [-0.4, -0.2) is 11.6 Å². The molecule has 2 nitrogen and oxygen atoms in total. The molecule has 0 saturated heterocycles. The van der Waals surface area contributed by atoms with Gasteiger partial charge in [-0.05, 0) is 87.9 Å². The molecule has 4 fully saturated rings. The Morgan fingerprint density at radius 3 is 1.63 bits per heavy atom. The number of carbonyl (C=O) groups is 2. The van der Waals surface area contributed by atoms with Crippen LogP contribution < -0.4 is 0 Å². The Morgan fingerprint density at radius 1 is 0.667 bits per heavy atom. The number of ketones is 2. The Bertz CT molecular complexity index is 533. The molecule has 0 atom stereocenters. The highest BCUT2D eigenvalue weighted by Crippen LogP contribution is 2.62. The van der Waals surface area contributed by atoms with Crippen LogP contribution in [0.15, 0.2) is 0 Å². The maximum atomic E-state index is 13.3. The standard InChI is InChI=1S/C25H40O2/c1-3-5-19-6-8-20(9-7-19)21-12-16-25(17-13-21)22(26)24(23(25)27)14-10-18(4-2)11-15-24/h18-21H,3-17H2,1-2H3. The van der Waals surface area contributed by atoms with Gasteiger partial charge in [0.1, 0.15) is 0 Å². The fourth-order valence-electron chi connectivity index (χ4n) is 7.51. The summed E-state index contributed by atoms with van der Waals surface area (Å²) in [7, 11) is 0. The van der Waals surface area contributed by atoms with Crippen LogP contribution in [0.4, 0.5) is 0 Å². The Kier molecular flexibility index (Phi) is 5.56. The number of hydrogen-bond donors (Lipinski definition) is 0. The Balaban J connectivity index is 1.32. The second kappa shape index (κ2) is 7.64. The van der Waals surface area contributed by atoms with Crippen molar-refractivity contribution in [3.05, 3.63) is 0 Å². The first kappa shape index (κ1) is 19.6. The van der Waals surface area contributed by atoms with Crippen molar-refractivity contribution in [1.29, 1.82) is 0 Å². The molecule has 0 radical (unpaired) electrons. The molecule has 0 heterocycles. The van der Waals surface area contributed by atoms with E-state index < -0.39 is 10.8 Å². The third kappa shape index (κ3) is 3.14. The lowest BCUT2D eigenvalue weighted by Crippen LogP contribution is -2.68. The van der Waals surface area contributed by atoms with Gasteiger partial charge in [0.25, 0.3) is 0 Å². The third-order valence-corrected chi connectivity index (χ3v) is 9.41. The van der Waals surface area contributed by atoms with Gasteiger partial charge >= 0.3 is 0 Å². The van der Waals surface area contributed by atoms with E-state index in [-0.39, 0.29) is 0 Å². The van der Waals surface area contributed by atoms with Gasteiger partial charge in [0.05, 0.1) is 10.8 Å². The van der Waals surface area contributed by atoms with Crippen LogP contribution in [-0.2, 0) is 9.59 Å². The van der Waals surface area contributed by atoms with Gasteiger partial charge in [0.15, 0.2) is 11.6 Å². The van der Waals surface area contributed by atoms with Gasteiger partial charge in [-0.25, -0.2) is 0 Å². The average Bonchev–Trinajstić information content (AvgIpc) is 2.74. The molecule has 0 aliphatic heterocycles. The predicted molar refractivity (Wildman–Crippen MR) is 109 cm³/mol. The molecule has 0 aromatic heterocycles. The maximum Gasteiger partial charge on any atom is 0.159 e. The zero-order valence-corrected chi connectivity index (χ0v) is 17.7. The second-order valence-corrected chi connectivity index (χ2v) is 10.6. The van der Waals surface area contributed by atoms with Crippen LogP contribution in [0.25, 0.3) is 0 Å². The lowest BCUT2D eigenvalue weighted by molar-refractivity contribution is -0.179. The largest absolute Gasteiger partial charge is 0.297 e. The van der Waals surface area contributed by atoms with Crippen LogP contribution in [0, 0.1) is 34.5 Å². The lowest BCUT2D eigenvalue weighted by atomic mass is 9.42. The van der Waals surface area contributed by atoms with Gasteiger partial charge in [-0.3, -0.25) is 9.59 Å². The van der Waals surface area contributed by atoms with Crippen molar-refractivity contribution in [2.45, 2.75) is 110 Å². The quantitative estimate of drug-likeness (QED) is 0.527. The van der Waals surface area contributed by atoms with E-state index in [1.54, 1.807) is 0 Å². The monoisotopic (exact) mass is 372 g/mol. The minimum atomic E-state index is -0.533. The van der Waals surface area contributed by atoms with E-state index >= 15 is 0 Å². The Hall–Kier alpha value is -0.660. The van der Waals surface area contributed by atoms with E-state index in [1.165, 1.54) is 44.9 Å². The van der Waals surface area contributed by atoms with Gasteiger partial charge in [-0.15, -0.1) is 0 Å². The molecule has 152 valence electrons. The van der Waals surface area contributed by atoms with Crippen molar-refractivity contribution in [1.82, 2.24) is 0 Å². The van der Waals surface area contributed by atoms with Crippen molar-refractivity contribution in [2.75, 3.05) is 0 Å². The van der Waals surface area contributed by atoms with Crippen LogP contribution in [0.5, 0.6) is 0 Å². The van der Waals surface area contributed by atoms with Crippen LogP contribution in [0.3, 0.4) is 0 Å². The maximum absolute atomic E-state index is 13.3. The summed E-state index contributed by atoms with van der Waals surface area (Å²) in [6, 6.07) is 0.